The van der Waals surface area contributed by atoms with Crippen molar-refractivity contribution in [2.75, 3.05) is 0 Å². The van der Waals surface area contributed by atoms with Crippen LogP contribution in [0.2, 0.25) is 0 Å². The zero-order valence-corrected chi connectivity index (χ0v) is 6.77. The van der Waals surface area contributed by atoms with Crippen LogP contribution in [0, 0.1) is 0 Å². The lowest BCUT2D eigenvalue weighted by molar-refractivity contribution is 0.145. The highest BCUT2D eigenvalue weighted by molar-refractivity contribution is 5.75. The van der Waals surface area contributed by atoms with E-state index in [1.807, 2.05) is 6.92 Å². The van der Waals surface area contributed by atoms with Gasteiger partial charge >= 0.3 is 0 Å². The van der Waals surface area contributed by atoms with Gasteiger partial charge < -0.3 is 14.7 Å². The van der Waals surface area contributed by atoms with Crippen LogP contribution in [0.1, 0.15) is 31.0 Å². The molecule has 0 aliphatic carbocycles. The second-order valence-electron chi connectivity index (χ2n) is 2.41. The minimum Gasteiger partial charge on any atom is -0.457 e. The van der Waals surface area contributed by atoms with Crippen LogP contribution in [0.4, 0.5) is 0 Å². The van der Waals surface area contributed by atoms with Crippen LogP contribution in [-0.2, 0) is 0 Å². The van der Waals surface area contributed by atoms with E-state index in [0.29, 0.717) is 17.9 Å². The Labute approximate surface area is 70.1 Å². The Morgan fingerprint density at radius 3 is 3.00 bits per heavy atom. The fourth-order valence-corrected chi connectivity index (χ4v) is 0.875. The molecule has 1 aromatic heterocycles. The minimum absolute atomic E-state index is 0.431. The maximum Gasteiger partial charge on any atom is 0.148 e. The molecule has 0 aliphatic rings. The van der Waals surface area contributed by atoms with Gasteiger partial charge in [-0.15, -0.1) is 0 Å². The molecule has 0 saturated carbocycles. The molecule has 12 heavy (non-hydrogen) atoms. The van der Waals surface area contributed by atoms with Gasteiger partial charge in [-0.05, 0) is 18.6 Å². The Bertz CT molecular complexity index is 267. The van der Waals surface area contributed by atoms with Crippen molar-refractivity contribution in [1.82, 2.24) is 0 Å². The number of aliphatic hydroxyl groups is 1. The minimum atomic E-state index is -0.578. The molecule has 1 rings (SSSR count). The Morgan fingerprint density at radius 1 is 1.67 bits per heavy atom. The van der Waals surface area contributed by atoms with E-state index in [9.17, 15) is 5.11 Å². The number of nitrogens with zero attached hydrogens (tertiary/aromatic N) is 1. The van der Waals surface area contributed by atoms with Crippen LogP contribution in [0.5, 0.6) is 0 Å². The Hall–Kier alpha value is -1.29. The molecule has 0 bridgehead atoms. The average molecular weight is 169 g/mol. The van der Waals surface area contributed by atoms with Crippen LogP contribution in [0.15, 0.2) is 21.7 Å². The highest BCUT2D eigenvalue weighted by atomic mass is 16.4. The fourth-order valence-electron chi connectivity index (χ4n) is 0.875. The number of hydrogen-bond acceptors (Lipinski definition) is 4. The molecule has 1 unspecified atom stereocenters. The number of aliphatic hydroxyl groups excluding tert-OH is 1. The maximum absolute atomic E-state index is 9.31. The summed E-state index contributed by atoms with van der Waals surface area (Å²) in [6.07, 6.45) is 1.19. The molecule has 4 heteroatoms. The summed E-state index contributed by atoms with van der Waals surface area (Å²) in [6.45, 7) is 1.85. The monoisotopic (exact) mass is 169 g/mol. The van der Waals surface area contributed by atoms with Crippen LogP contribution in [0.3, 0.4) is 0 Å². The number of furan rings is 1. The third-order valence-corrected chi connectivity index (χ3v) is 1.55. The standard InChI is InChI=1S/C8H11NO3/c1-2-7(10)8-4-3-6(12-8)5-9-11/h3-5,7,10-11H,2H2,1H3/b9-5-. The second-order valence-corrected chi connectivity index (χ2v) is 2.41. The van der Waals surface area contributed by atoms with Crippen molar-refractivity contribution < 1.29 is 14.7 Å². The number of oxime groups is 1. The molecule has 0 saturated heterocycles. The summed E-state index contributed by atoms with van der Waals surface area (Å²) in [5, 5.41) is 20.3. The summed E-state index contributed by atoms with van der Waals surface area (Å²) in [4.78, 5) is 0. The van der Waals surface area contributed by atoms with E-state index >= 15 is 0 Å². The van der Waals surface area contributed by atoms with E-state index in [4.69, 9.17) is 9.62 Å². The van der Waals surface area contributed by atoms with Gasteiger partial charge in [0.2, 0.25) is 0 Å². The van der Waals surface area contributed by atoms with Gasteiger partial charge in [0.25, 0.3) is 0 Å². The predicted molar refractivity (Wildman–Crippen MR) is 43.3 cm³/mol. The van der Waals surface area contributed by atoms with Crippen LogP contribution < -0.4 is 0 Å². The Kier molecular flexibility index (Phi) is 2.88. The van der Waals surface area contributed by atoms with Gasteiger partial charge in [-0.25, -0.2) is 0 Å². The first-order chi connectivity index (χ1) is 5.77. The molecule has 4 nitrogen and oxygen atoms in total. The molecule has 0 aromatic carbocycles. The van der Waals surface area contributed by atoms with Crippen molar-refractivity contribution in [3.8, 4) is 0 Å². The fraction of sp³-hybridized carbons (Fsp3) is 0.375. The van der Waals surface area contributed by atoms with Gasteiger partial charge in [0.1, 0.15) is 23.8 Å². The summed E-state index contributed by atoms with van der Waals surface area (Å²) < 4.78 is 5.12. The SMILES string of the molecule is CCC(O)c1ccc(/C=N\O)o1. The first kappa shape index (κ1) is 8.80. The van der Waals surface area contributed by atoms with Crippen LogP contribution in [-0.4, -0.2) is 16.5 Å². The lowest BCUT2D eigenvalue weighted by Crippen LogP contribution is -1.91. The molecular formula is C8H11NO3. The van der Waals surface area contributed by atoms with E-state index < -0.39 is 6.10 Å². The van der Waals surface area contributed by atoms with Gasteiger partial charge in [0.15, 0.2) is 0 Å². The highest BCUT2D eigenvalue weighted by Gasteiger charge is 2.08. The Morgan fingerprint density at radius 2 is 2.42 bits per heavy atom. The van der Waals surface area contributed by atoms with Crippen molar-refractivity contribution in [3.05, 3.63) is 23.7 Å². The van der Waals surface area contributed by atoms with Crippen molar-refractivity contribution in [1.29, 1.82) is 0 Å². The summed E-state index contributed by atoms with van der Waals surface area (Å²) in [7, 11) is 0. The van der Waals surface area contributed by atoms with Gasteiger partial charge in [-0.1, -0.05) is 12.1 Å². The Balaban J connectivity index is 2.76. The molecule has 0 spiro atoms. The summed E-state index contributed by atoms with van der Waals surface area (Å²) in [6, 6.07) is 3.29. The molecule has 1 atom stereocenters. The molecule has 0 amide bonds. The van der Waals surface area contributed by atoms with Crippen molar-refractivity contribution in [2.45, 2.75) is 19.4 Å². The van der Waals surface area contributed by atoms with Gasteiger partial charge in [-0.2, -0.15) is 0 Å². The number of rotatable bonds is 3. The largest absolute Gasteiger partial charge is 0.457 e. The number of hydrogen-bond donors (Lipinski definition) is 2. The summed E-state index contributed by atoms with van der Waals surface area (Å²) in [5.41, 5.74) is 0. The van der Waals surface area contributed by atoms with E-state index in [0.717, 1.165) is 0 Å². The van der Waals surface area contributed by atoms with E-state index in [1.165, 1.54) is 6.21 Å². The summed E-state index contributed by atoms with van der Waals surface area (Å²) >= 11 is 0. The van der Waals surface area contributed by atoms with E-state index in [2.05, 4.69) is 5.16 Å². The molecule has 2 N–H and O–H groups in total. The lowest BCUT2D eigenvalue weighted by atomic mass is 10.2. The van der Waals surface area contributed by atoms with Crippen molar-refractivity contribution >= 4 is 6.21 Å². The highest BCUT2D eigenvalue weighted by Crippen LogP contribution is 2.17. The van der Waals surface area contributed by atoms with Crippen LogP contribution >= 0.6 is 0 Å². The molecule has 0 aliphatic heterocycles. The third-order valence-electron chi connectivity index (χ3n) is 1.55. The topological polar surface area (TPSA) is 66.0 Å². The van der Waals surface area contributed by atoms with Crippen LogP contribution in [0.25, 0.3) is 0 Å². The molecule has 0 fully saturated rings. The van der Waals surface area contributed by atoms with Gasteiger partial charge in [-0.3, -0.25) is 0 Å². The molecule has 1 aromatic rings. The maximum atomic E-state index is 9.31. The van der Waals surface area contributed by atoms with Crippen molar-refractivity contribution in [2.24, 2.45) is 5.16 Å². The van der Waals surface area contributed by atoms with Gasteiger partial charge in [0, 0.05) is 0 Å². The van der Waals surface area contributed by atoms with Gasteiger partial charge in [0.05, 0.1) is 0 Å². The molecule has 1 heterocycles. The zero-order chi connectivity index (χ0) is 8.97. The predicted octanol–water partition coefficient (Wildman–Crippen LogP) is 1.53. The quantitative estimate of drug-likeness (QED) is 0.409. The lowest BCUT2D eigenvalue weighted by Gasteiger charge is -2.01. The third kappa shape index (κ3) is 1.85. The average Bonchev–Trinajstić information content (AvgIpc) is 2.52. The normalized spacial score (nSPS) is 13.8. The molecule has 0 radical (unpaired) electrons. The summed E-state index contributed by atoms with van der Waals surface area (Å²) in [5.74, 6) is 0.924. The smallest absolute Gasteiger partial charge is 0.148 e. The molecular weight excluding hydrogens is 158 g/mol. The second kappa shape index (κ2) is 3.92. The zero-order valence-electron chi connectivity index (χ0n) is 6.77. The first-order valence-electron chi connectivity index (χ1n) is 3.73. The van der Waals surface area contributed by atoms with E-state index in [-0.39, 0.29) is 0 Å². The molecule has 66 valence electrons. The first-order valence-corrected chi connectivity index (χ1v) is 3.73. The van der Waals surface area contributed by atoms with Crippen molar-refractivity contribution in [3.63, 3.8) is 0 Å². The van der Waals surface area contributed by atoms with E-state index in [1.54, 1.807) is 12.1 Å².